The summed E-state index contributed by atoms with van der Waals surface area (Å²) in [6, 6.07) is 3.93. The van der Waals surface area contributed by atoms with E-state index in [2.05, 4.69) is 20.5 Å². The molecule has 1 aromatic heterocycles. The van der Waals surface area contributed by atoms with E-state index in [0.717, 1.165) is 23.4 Å². The van der Waals surface area contributed by atoms with Crippen molar-refractivity contribution in [2.24, 2.45) is 10.4 Å². The first-order chi connectivity index (χ1) is 10.7. The summed E-state index contributed by atoms with van der Waals surface area (Å²) in [5.41, 5.74) is -0.372. The summed E-state index contributed by atoms with van der Waals surface area (Å²) in [7, 11) is 1.99. The standard InChI is InChI=1S/C16H27ClN4OS/c1-6-18-15(20-10-9-19-14(22)16(2,3)4)21(5)11-12-7-8-13(17)23-12/h7-8H,6,9-11H2,1-5H3,(H,18,20)(H,19,22). The molecule has 1 aromatic rings. The number of halogens is 1. The van der Waals surface area contributed by atoms with E-state index in [1.165, 1.54) is 4.88 Å². The van der Waals surface area contributed by atoms with Gasteiger partial charge in [0.2, 0.25) is 5.91 Å². The maximum Gasteiger partial charge on any atom is 0.225 e. The average Bonchev–Trinajstić information content (AvgIpc) is 2.86. The minimum absolute atomic E-state index is 0.0410. The van der Waals surface area contributed by atoms with E-state index in [1.807, 2.05) is 46.9 Å². The third-order valence-corrected chi connectivity index (χ3v) is 4.27. The molecule has 7 heteroatoms. The molecule has 1 amide bonds. The molecule has 0 aliphatic carbocycles. The lowest BCUT2D eigenvalue weighted by molar-refractivity contribution is -0.128. The van der Waals surface area contributed by atoms with E-state index in [0.29, 0.717) is 13.1 Å². The van der Waals surface area contributed by atoms with Crippen molar-refractivity contribution >= 4 is 34.8 Å². The van der Waals surface area contributed by atoms with Crippen molar-refractivity contribution in [3.05, 3.63) is 21.3 Å². The Balaban J connectivity index is 2.53. The maximum absolute atomic E-state index is 11.8. The number of nitrogens with one attached hydrogen (secondary N) is 2. The highest BCUT2D eigenvalue weighted by Gasteiger charge is 2.20. The Kier molecular flexibility index (Phi) is 7.85. The lowest BCUT2D eigenvalue weighted by atomic mass is 9.96. The van der Waals surface area contributed by atoms with Crippen LogP contribution in [0.1, 0.15) is 32.6 Å². The Morgan fingerprint density at radius 2 is 2.04 bits per heavy atom. The number of guanidine groups is 1. The first-order valence-electron chi connectivity index (χ1n) is 7.76. The molecule has 130 valence electrons. The first kappa shape index (κ1) is 19.8. The van der Waals surface area contributed by atoms with Crippen LogP contribution in [0.3, 0.4) is 0 Å². The summed E-state index contributed by atoms with van der Waals surface area (Å²) in [4.78, 5) is 19.6. The second-order valence-corrected chi connectivity index (χ2v) is 8.10. The van der Waals surface area contributed by atoms with Crippen LogP contribution in [0.25, 0.3) is 0 Å². The lowest BCUT2D eigenvalue weighted by Crippen LogP contribution is -2.40. The van der Waals surface area contributed by atoms with Crippen LogP contribution in [0, 0.1) is 5.41 Å². The third-order valence-electron chi connectivity index (χ3n) is 3.06. The van der Waals surface area contributed by atoms with Gasteiger partial charge < -0.3 is 15.5 Å². The minimum Gasteiger partial charge on any atom is -0.357 e. The van der Waals surface area contributed by atoms with Crippen molar-refractivity contribution in [1.29, 1.82) is 0 Å². The van der Waals surface area contributed by atoms with Crippen LogP contribution in [-0.4, -0.2) is 43.4 Å². The molecule has 0 aliphatic heterocycles. The van der Waals surface area contributed by atoms with E-state index in [4.69, 9.17) is 11.6 Å². The number of rotatable bonds is 6. The monoisotopic (exact) mass is 358 g/mol. The summed E-state index contributed by atoms with van der Waals surface area (Å²) in [5, 5.41) is 6.17. The molecule has 0 saturated carbocycles. The van der Waals surface area contributed by atoms with Gasteiger partial charge in [0, 0.05) is 30.4 Å². The maximum atomic E-state index is 11.8. The number of hydrogen-bond acceptors (Lipinski definition) is 3. The number of thiophene rings is 1. The van der Waals surface area contributed by atoms with Gasteiger partial charge in [-0.2, -0.15) is 0 Å². The van der Waals surface area contributed by atoms with Crippen LogP contribution in [0.2, 0.25) is 4.34 Å². The average molecular weight is 359 g/mol. The van der Waals surface area contributed by atoms with Crippen LogP contribution in [-0.2, 0) is 11.3 Å². The highest BCUT2D eigenvalue weighted by atomic mass is 35.5. The molecular weight excluding hydrogens is 332 g/mol. The first-order valence-corrected chi connectivity index (χ1v) is 8.95. The van der Waals surface area contributed by atoms with E-state index in [9.17, 15) is 4.79 Å². The zero-order valence-corrected chi connectivity index (χ0v) is 16.1. The summed E-state index contributed by atoms with van der Waals surface area (Å²) < 4.78 is 0.792. The largest absolute Gasteiger partial charge is 0.357 e. The Bertz CT molecular complexity index is 536. The van der Waals surface area contributed by atoms with Crippen molar-refractivity contribution in [3.8, 4) is 0 Å². The van der Waals surface area contributed by atoms with Crippen molar-refractivity contribution in [1.82, 2.24) is 15.5 Å². The van der Waals surface area contributed by atoms with Crippen molar-refractivity contribution < 1.29 is 4.79 Å². The Hall–Kier alpha value is -1.27. The summed E-state index contributed by atoms with van der Waals surface area (Å²) in [5.74, 6) is 0.862. The SMILES string of the molecule is CCNC(=NCCNC(=O)C(C)(C)C)N(C)Cc1ccc(Cl)s1. The number of amides is 1. The number of nitrogens with zero attached hydrogens (tertiary/aromatic N) is 2. The van der Waals surface area contributed by atoms with Gasteiger partial charge in [0.1, 0.15) is 0 Å². The molecule has 5 nitrogen and oxygen atoms in total. The van der Waals surface area contributed by atoms with Gasteiger partial charge in [-0.15, -0.1) is 11.3 Å². The van der Waals surface area contributed by atoms with E-state index in [1.54, 1.807) is 11.3 Å². The van der Waals surface area contributed by atoms with Crippen LogP contribution in [0.4, 0.5) is 0 Å². The van der Waals surface area contributed by atoms with Gasteiger partial charge in [-0.25, -0.2) is 0 Å². The second-order valence-electron chi connectivity index (χ2n) is 6.30. The molecule has 0 atom stereocenters. The second kappa shape index (κ2) is 9.13. The molecule has 1 rings (SSSR count). The Morgan fingerprint density at radius 3 is 2.57 bits per heavy atom. The summed E-state index contributed by atoms with van der Waals surface area (Å²) in [6.45, 7) is 10.3. The van der Waals surface area contributed by atoms with Gasteiger partial charge in [-0.05, 0) is 19.1 Å². The molecule has 0 unspecified atom stereocenters. The van der Waals surface area contributed by atoms with Gasteiger partial charge in [0.15, 0.2) is 5.96 Å². The Morgan fingerprint density at radius 1 is 1.35 bits per heavy atom. The smallest absolute Gasteiger partial charge is 0.225 e. The van der Waals surface area contributed by atoms with Crippen LogP contribution >= 0.6 is 22.9 Å². The van der Waals surface area contributed by atoms with E-state index in [-0.39, 0.29) is 11.3 Å². The number of carbonyl (C=O) groups excluding carboxylic acids is 1. The van der Waals surface area contributed by atoms with Gasteiger partial charge in [0.05, 0.1) is 17.4 Å². The quantitative estimate of drug-likeness (QED) is 0.467. The van der Waals surface area contributed by atoms with Crippen LogP contribution < -0.4 is 10.6 Å². The van der Waals surface area contributed by atoms with E-state index >= 15 is 0 Å². The molecule has 0 aliphatic rings. The molecule has 1 heterocycles. The van der Waals surface area contributed by atoms with Crippen molar-refractivity contribution in [2.45, 2.75) is 34.2 Å². The molecule has 23 heavy (non-hydrogen) atoms. The van der Waals surface area contributed by atoms with Crippen molar-refractivity contribution in [3.63, 3.8) is 0 Å². The van der Waals surface area contributed by atoms with Gasteiger partial charge in [-0.1, -0.05) is 32.4 Å². The molecular formula is C16H27ClN4OS. The number of aliphatic imine (C=N–C) groups is 1. The summed E-state index contributed by atoms with van der Waals surface area (Å²) >= 11 is 7.54. The van der Waals surface area contributed by atoms with Gasteiger partial charge in [0.25, 0.3) is 0 Å². The molecule has 0 saturated heterocycles. The van der Waals surface area contributed by atoms with E-state index < -0.39 is 0 Å². The predicted octanol–water partition coefficient (Wildman–Crippen LogP) is 2.96. The Labute approximate surface area is 148 Å². The molecule has 0 radical (unpaired) electrons. The third kappa shape index (κ3) is 7.22. The highest BCUT2D eigenvalue weighted by Crippen LogP contribution is 2.22. The zero-order chi connectivity index (χ0) is 17.5. The topological polar surface area (TPSA) is 56.7 Å². The number of hydrogen-bond donors (Lipinski definition) is 2. The number of carbonyl (C=O) groups is 1. The fourth-order valence-corrected chi connectivity index (χ4v) is 2.95. The molecule has 0 aromatic carbocycles. The molecule has 2 N–H and O–H groups in total. The predicted molar refractivity (Wildman–Crippen MR) is 99.2 cm³/mol. The van der Waals surface area contributed by atoms with Crippen LogP contribution in [0.15, 0.2) is 17.1 Å². The van der Waals surface area contributed by atoms with Gasteiger partial charge >= 0.3 is 0 Å². The highest BCUT2D eigenvalue weighted by molar-refractivity contribution is 7.16. The fraction of sp³-hybridized carbons (Fsp3) is 0.625. The summed E-state index contributed by atoms with van der Waals surface area (Å²) in [6.07, 6.45) is 0. The van der Waals surface area contributed by atoms with Crippen molar-refractivity contribution in [2.75, 3.05) is 26.7 Å². The zero-order valence-electron chi connectivity index (χ0n) is 14.6. The molecule has 0 spiro atoms. The molecule has 0 bridgehead atoms. The van der Waals surface area contributed by atoms with Crippen LogP contribution in [0.5, 0.6) is 0 Å². The lowest BCUT2D eigenvalue weighted by Gasteiger charge is -2.21. The normalized spacial score (nSPS) is 12.2. The van der Waals surface area contributed by atoms with Gasteiger partial charge in [-0.3, -0.25) is 9.79 Å². The molecule has 0 fully saturated rings. The fourth-order valence-electron chi connectivity index (χ4n) is 1.81. The minimum atomic E-state index is -0.372.